The van der Waals surface area contributed by atoms with Crippen molar-refractivity contribution >= 4 is 38.3 Å². The van der Waals surface area contributed by atoms with Gasteiger partial charge in [0.1, 0.15) is 0 Å². The predicted molar refractivity (Wildman–Crippen MR) is 90.0 cm³/mol. The average Bonchev–Trinajstić information content (AvgIpc) is 2.88. The van der Waals surface area contributed by atoms with E-state index in [0.29, 0.717) is 10.7 Å². The molecule has 3 heterocycles. The summed E-state index contributed by atoms with van der Waals surface area (Å²) in [4.78, 5) is 25.8. The Hall–Kier alpha value is -2.12. The van der Waals surface area contributed by atoms with Gasteiger partial charge in [0.05, 0.1) is 21.8 Å². The van der Waals surface area contributed by atoms with E-state index in [4.69, 9.17) is 0 Å². The highest BCUT2D eigenvalue weighted by molar-refractivity contribution is 9.10. The Labute approximate surface area is 139 Å². The van der Waals surface area contributed by atoms with E-state index in [1.54, 1.807) is 18.5 Å². The molecule has 0 atom stereocenters. The SMILES string of the molecule is Cc1nc(NC(=O)c2cncc(Br)c2)sc1-c1ccccn1. The Balaban J connectivity index is 1.84. The van der Waals surface area contributed by atoms with Gasteiger partial charge < -0.3 is 0 Å². The summed E-state index contributed by atoms with van der Waals surface area (Å²) in [5.74, 6) is -0.241. The summed E-state index contributed by atoms with van der Waals surface area (Å²) in [6, 6.07) is 7.42. The molecule has 0 aliphatic carbocycles. The molecule has 0 radical (unpaired) electrons. The quantitative estimate of drug-likeness (QED) is 0.754. The molecule has 7 heteroatoms. The van der Waals surface area contributed by atoms with Crippen LogP contribution in [-0.4, -0.2) is 20.9 Å². The van der Waals surface area contributed by atoms with E-state index in [9.17, 15) is 4.79 Å². The van der Waals surface area contributed by atoms with Crippen LogP contribution in [0.15, 0.2) is 47.3 Å². The van der Waals surface area contributed by atoms with Gasteiger partial charge in [0.25, 0.3) is 5.91 Å². The number of carbonyl (C=O) groups is 1. The molecule has 0 bridgehead atoms. The van der Waals surface area contributed by atoms with Crippen molar-refractivity contribution < 1.29 is 4.79 Å². The molecule has 0 aromatic carbocycles. The number of thiazole rings is 1. The van der Waals surface area contributed by atoms with E-state index in [1.807, 2.05) is 25.1 Å². The summed E-state index contributed by atoms with van der Waals surface area (Å²) < 4.78 is 0.754. The van der Waals surface area contributed by atoms with Crippen molar-refractivity contribution in [1.29, 1.82) is 0 Å². The van der Waals surface area contributed by atoms with Gasteiger partial charge in [-0.15, -0.1) is 0 Å². The Kier molecular flexibility index (Phi) is 4.26. The number of amides is 1. The molecule has 1 amide bonds. The summed E-state index contributed by atoms with van der Waals surface area (Å²) >= 11 is 4.70. The highest BCUT2D eigenvalue weighted by atomic mass is 79.9. The average molecular weight is 375 g/mol. The number of halogens is 1. The molecule has 0 aliphatic rings. The van der Waals surface area contributed by atoms with Crippen LogP contribution in [0.4, 0.5) is 5.13 Å². The molecule has 3 aromatic heterocycles. The third kappa shape index (κ3) is 3.20. The Morgan fingerprint density at radius 1 is 1.32 bits per heavy atom. The summed E-state index contributed by atoms with van der Waals surface area (Å²) in [5.41, 5.74) is 2.16. The third-order valence-corrected chi connectivity index (χ3v) is 4.41. The first-order valence-electron chi connectivity index (χ1n) is 6.44. The van der Waals surface area contributed by atoms with Crippen LogP contribution in [0.2, 0.25) is 0 Å². The number of nitrogens with one attached hydrogen (secondary N) is 1. The molecule has 110 valence electrons. The van der Waals surface area contributed by atoms with E-state index >= 15 is 0 Å². The molecule has 22 heavy (non-hydrogen) atoms. The highest BCUT2D eigenvalue weighted by Crippen LogP contribution is 2.31. The first-order chi connectivity index (χ1) is 10.6. The minimum Gasteiger partial charge on any atom is -0.298 e. The predicted octanol–water partition coefficient (Wildman–Crippen LogP) is 3.92. The zero-order chi connectivity index (χ0) is 15.5. The molecule has 3 aromatic rings. The van der Waals surface area contributed by atoms with E-state index in [0.717, 1.165) is 20.7 Å². The lowest BCUT2D eigenvalue weighted by Gasteiger charge is -2.01. The number of pyridine rings is 2. The highest BCUT2D eigenvalue weighted by Gasteiger charge is 2.14. The number of rotatable bonds is 3. The van der Waals surface area contributed by atoms with Gasteiger partial charge in [-0.1, -0.05) is 17.4 Å². The third-order valence-electron chi connectivity index (χ3n) is 2.88. The largest absolute Gasteiger partial charge is 0.298 e. The Morgan fingerprint density at radius 3 is 2.91 bits per heavy atom. The van der Waals surface area contributed by atoms with Gasteiger partial charge in [-0.3, -0.25) is 20.1 Å². The van der Waals surface area contributed by atoms with Gasteiger partial charge >= 0.3 is 0 Å². The Morgan fingerprint density at radius 2 is 2.18 bits per heavy atom. The second-order valence-electron chi connectivity index (χ2n) is 4.49. The zero-order valence-corrected chi connectivity index (χ0v) is 14.0. The molecule has 0 unspecified atom stereocenters. The first-order valence-corrected chi connectivity index (χ1v) is 8.05. The second kappa shape index (κ2) is 6.33. The summed E-state index contributed by atoms with van der Waals surface area (Å²) in [6.45, 7) is 1.90. The smallest absolute Gasteiger partial charge is 0.259 e. The van der Waals surface area contributed by atoms with Crippen LogP contribution in [0.25, 0.3) is 10.6 Å². The number of hydrogen-bond acceptors (Lipinski definition) is 5. The fourth-order valence-corrected chi connectivity index (χ4v) is 3.19. The lowest BCUT2D eigenvalue weighted by Crippen LogP contribution is -2.11. The first kappa shape index (κ1) is 14.8. The summed E-state index contributed by atoms with van der Waals surface area (Å²) in [6.07, 6.45) is 4.88. The minimum atomic E-state index is -0.241. The lowest BCUT2D eigenvalue weighted by atomic mass is 10.3. The molecule has 3 rings (SSSR count). The van der Waals surface area contributed by atoms with Crippen LogP contribution < -0.4 is 5.32 Å². The number of anilines is 1. The maximum atomic E-state index is 12.2. The van der Waals surface area contributed by atoms with Crippen molar-refractivity contribution in [1.82, 2.24) is 15.0 Å². The summed E-state index contributed by atoms with van der Waals surface area (Å²) in [5, 5.41) is 3.34. The second-order valence-corrected chi connectivity index (χ2v) is 6.41. The summed E-state index contributed by atoms with van der Waals surface area (Å²) in [7, 11) is 0. The lowest BCUT2D eigenvalue weighted by molar-refractivity contribution is 0.102. The molecule has 1 N–H and O–H groups in total. The van der Waals surface area contributed by atoms with Crippen molar-refractivity contribution in [3.05, 3.63) is 58.6 Å². The maximum Gasteiger partial charge on any atom is 0.259 e. The minimum absolute atomic E-state index is 0.241. The monoisotopic (exact) mass is 374 g/mol. The molecule has 0 spiro atoms. The van der Waals surface area contributed by atoms with Crippen molar-refractivity contribution in [2.24, 2.45) is 0 Å². The van der Waals surface area contributed by atoms with Gasteiger partial charge in [-0.25, -0.2) is 4.98 Å². The number of nitrogens with zero attached hydrogens (tertiary/aromatic N) is 3. The maximum absolute atomic E-state index is 12.2. The fraction of sp³-hybridized carbons (Fsp3) is 0.0667. The van der Waals surface area contributed by atoms with Crippen molar-refractivity contribution in [2.75, 3.05) is 5.32 Å². The van der Waals surface area contributed by atoms with Crippen molar-refractivity contribution in [3.8, 4) is 10.6 Å². The molecule has 0 aliphatic heterocycles. The van der Waals surface area contributed by atoms with Crippen LogP contribution in [0.5, 0.6) is 0 Å². The van der Waals surface area contributed by atoms with Crippen LogP contribution in [-0.2, 0) is 0 Å². The van der Waals surface area contributed by atoms with Gasteiger partial charge in [-0.05, 0) is 41.1 Å². The molecular weight excluding hydrogens is 364 g/mol. The topological polar surface area (TPSA) is 67.8 Å². The molecular formula is C15H11BrN4OS. The van der Waals surface area contributed by atoms with Crippen LogP contribution in [0.1, 0.15) is 16.1 Å². The molecule has 0 saturated carbocycles. The van der Waals surface area contributed by atoms with E-state index < -0.39 is 0 Å². The number of hydrogen-bond donors (Lipinski definition) is 1. The number of aryl methyl sites for hydroxylation is 1. The van der Waals surface area contributed by atoms with Crippen LogP contribution >= 0.6 is 27.3 Å². The molecule has 0 saturated heterocycles. The van der Waals surface area contributed by atoms with E-state index in [2.05, 4.69) is 36.2 Å². The number of aromatic nitrogens is 3. The molecule has 5 nitrogen and oxygen atoms in total. The van der Waals surface area contributed by atoms with Gasteiger partial charge in [0.2, 0.25) is 0 Å². The zero-order valence-electron chi connectivity index (χ0n) is 11.6. The van der Waals surface area contributed by atoms with Crippen molar-refractivity contribution in [2.45, 2.75) is 6.92 Å². The fourth-order valence-electron chi connectivity index (χ4n) is 1.89. The van der Waals surface area contributed by atoms with Gasteiger partial charge in [-0.2, -0.15) is 0 Å². The standard InChI is InChI=1S/C15H11BrN4OS/c1-9-13(12-4-2-3-5-18-12)22-15(19-9)20-14(21)10-6-11(16)8-17-7-10/h2-8H,1H3,(H,19,20,21). The van der Waals surface area contributed by atoms with E-state index in [1.165, 1.54) is 17.5 Å². The van der Waals surface area contributed by atoms with Crippen LogP contribution in [0.3, 0.4) is 0 Å². The van der Waals surface area contributed by atoms with Crippen LogP contribution in [0, 0.1) is 6.92 Å². The van der Waals surface area contributed by atoms with E-state index in [-0.39, 0.29) is 5.91 Å². The van der Waals surface area contributed by atoms with Gasteiger partial charge in [0.15, 0.2) is 5.13 Å². The van der Waals surface area contributed by atoms with Crippen molar-refractivity contribution in [3.63, 3.8) is 0 Å². The van der Waals surface area contributed by atoms with Gasteiger partial charge in [0, 0.05) is 23.1 Å². The molecule has 0 fully saturated rings. The number of carbonyl (C=O) groups excluding carboxylic acids is 1. The Bertz CT molecular complexity index is 819. The normalized spacial score (nSPS) is 10.5.